The molecule has 0 saturated heterocycles. The molecule has 1 atom stereocenters. The molecule has 178 valence electrons. The van der Waals surface area contributed by atoms with Crippen molar-refractivity contribution in [3.63, 3.8) is 0 Å². The molecule has 0 aromatic heterocycles. The fourth-order valence-electron chi connectivity index (χ4n) is 3.13. The van der Waals surface area contributed by atoms with Crippen LogP contribution in [0.15, 0.2) is 92.0 Å². The highest BCUT2D eigenvalue weighted by atomic mass is 16.5. The molecule has 35 heavy (non-hydrogen) atoms. The van der Waals surface area contributed by atoms with Crippen LogP contribution in [0.5, 0.6) is 17.2 Å². The summed E-state index contributed by atoms with van der Waals surface area (Å²) in [5, 5.41) is 0. The highest BCUT2D eigenvalue weighted by Gasteiger charge is 2.17. The lowest BCUT2D eigenvalue weighted by molar-refractivity contribution is -0.138. The number of carbonyl (C=O) groups is 3. The van der Waals surface area contributed by atoms with E-state index in [2.05, 4.69) is 13.2 Å². The number of ether oxygens (including phenoxy) is 3. The monoisotopic (exact) mass is 470 g/mol. The van der Waals surface area contributed by atoms with E-state index in [9.17, 15) is 14.4 Å². The van der Waals surface area contributed by atoms with Crippen LogP contribution in [0.4, 0.5) is 0 Å². The average molecular weight is 471 g/mol. The van der Waals surface area contributed by atoms with Crippen molar-refractivity contribution in [3.8, 4) is 39.5 Å². The molecule has 0 heterocycles. The molecular weight excluding hydrogens is 444 g/mol. The molecule has 0 fully saturated rings. The summed E-state index contributed by atoms with van der Waals surface area (Å²) < 4.78 is 16.1. The molecule has 0 aliphatic heterocycles. The zero-order chi connectivity index (χ0) is 25.4. The van der Waals surface area contributed by atoms with Gasteiger partial charge in [-0.05, 0) is 53.4 Å². The van der Waals surface area contributed by atoms with Gasteiger partial charge >= 0.3 is 17.9 Å². The first-order valence-corrected chi connectivity index (χ1v) is 11.1. The van der Waals surface area contributed by atoms with Gasteiger partial charge in [-0.15, -0.1) is 0 Å². The Morgan fingerprint density at radius 1 is 0.743 bits per heavy atom. The molecule has 0 saturated carbocycles. The van der Waals surface area contributed by atoms with Crippen LogP contribution in [0.2, 0.25) is 0 Å². The Bertz CT molecular complexity index is 1240. The van der Waals surface area contributed by atoms with Gasteiger partial charge in [0.15, 0.2) is 0 Å². The number of hydrogen-bond donors (Lipinski definition) is 0. The smallest absolute Gasteiger partial charge is 0.335 e. The van der Waals surface area contributed by atoms with Crippen molar-refractivity contribution < 1.29 is 28.6 Å². The number of benzene rings is 3. The van der Waals surface area contributed by atoms with Crippen LogP contribution in [0.1, 0.15) is 20.3 Å². The van der Waals surface area contributed by atoms with Gasteiger partial charge in [0.05, 0.1) is 5.92 Å². The molecule has 3 aromatic rings. The Morgan fingerprint density at radius 3 is 1.71 bits per heavy atom. The van der Waals surface area contributed by atoms with Crippen molar-refractivity contribution in [1.82, 2.24) is 0 Å². The fraction of sp³-hybridized carbons (Fsp3) is 0.138. The summed E-state index contributed by atoms with van der Waals surface area (Å²) >= 11 is 0. The maximum Gasteiger partial charge on any atom is 0.335 e. The third kappa shape index (κ3) is 6.54. The van der Waals surface area contributed by atoms with E-state index < -0.39 is 11.9 Å². The van der Waals surface area contributed by atoms with Gasteiger partial charge in [-0.2, -0.15) is 0 Å². The molecule has 0 radical (unpaired) electrons. The number of hydrogen-bond acceptors (Lipinski definition) is 6. The van der Waals surface area contributed by atoms with E-state index in [1.165, 1.54) is 0 Å². The van der Waals surface area contributed by atoms with Gasteiger partial charge in [0.2, 0.25) is 0 Å². The predicted octanol–water partition coefficient (Wildman–Crippen LogP) is 6.15. The molecule has 0 amide bonds. The number of rotatable bonds is 9. The van der Waals surface area contributed by atoms with Crippen molar-refractivity contribution in [2.24, 2.45) is 5.92 Å². The van der Waals surface area contributed by atoms with Crippen molar-refractivity contribution in [3.05, 3.63) is 92.0 Å². The SMILES string of the molecule is C=CC(=O)Oc1ccc(-c2ccc(-c3ccc(OC(=O)C=C)cc3)c(OC(=O)C(C)CC)c2)cc1. The van der Waals surface area contributed by atoms with Crippen LogP contribution >= 0.6 is 0 Å². The van der Waals surface area contributed by atoms with E-state index in [1.807, 2.05) is 38.1 Å². The topological polar surface area (TPSA) is 78.9 Å². The first-order chi connectivity index (χ1) is 16.8. The lowest BCUT2D eigenvalue weighted by Crippen LogP contribution is -2.17. The molecule has 0 N–H and O–H groups in total. The van der Waals surface area contributed by atoms with Crippen molar-refractivity contribution in [2.75, 3.05) is 0 Å². The van der Waals surface area contributed by atoms with Crippen LogP contribution in [0.3, 0.4) is 0 Å². The summed E-state index contributed by atoms with van der Waals surface area (Å²) in [7, 11) is 0. The largest absolute Gasteiger partial charge is 0.426 e. The maximum absolute atomic E-state index is 12.6. The van der Waals surface area contributed by atoms with Crippen LogP contribution in [0, 0.1) is 5.92 Å². The average Bonchev–Trinajstić information content (AvgIpc) is 2.88. The Balaban J connectivity index is 1.96. The minimum atomic E-state index is -0.546. The number of esters is 3. The Morgan fingerprint density at radius 2 is 1.23 bits per heavy atom. The highest BCUT2D eigenvalue weighted by molar-refractivity contribution is 5.85. The van der Waals surface area contributed by atoms with Gasteiger partial charge in [-0.25, -0.2) is 9.59 Å². The zero-order valence-electron chi connectivity index (χ0n) is 19.7. The second-order valence-corrected chi connectivity index (χ2v) is 7.74. The van der Waals surface area contributed by atoms with Gasteiger partial charge in [0.25, 0.3) is 0 Å². The third-order valence-corrected chi connectivity index (χ3v) is 5.33. The van der Waals surface area contributed by atoms with Gasteiger partial charge in [0, 0.05) is 17.7 Å². The van der Waals surface area contributed by atoms with Crippen molar-refractivity contribution >= 4 is 17.9 Å². The maximum atomic E-state index is 12.6. The summed E-state index contributed by atoms with van der Waals surface area (Å²) in [5.74, 6) is -0.477. The summed E-state index contributed by atoms with van der Waals surface area (Å²) in [4.78, 5) is 35.5. The Kier molecular flexibility index (Phi) is 8.35. The Labute approximate surface area is 204 Å². The summed E-state index contributed by atoms with van der Waals surface area (Å²) in [5.41, 5.74) is 3.17. The fourth-order valence-corrected chi connectivity index (χ4v) is 3.13. The van der Waals surface area contributed by atoms with Gasteiger partial charge < -0.3 is 14.2 Å². The Hall–Kier alpha value is -4.45. The molecule has 3 aromatic carbocycles. The lowest BCUT2D eigenvalue weighted by Gasteiger charge is -2.15. The minimum absolute atomic E-state index is 0.258. The molecule has 0 aliphatic carbocycles. The molecule has 0 spiro atoms. The minimum Gasteiger partial charge on any atom is -0.426 e. The molecular formula is C29H26O6. The van der Waals surface area contributed by atoms with E-state index >= 15 is 0 Å². The van der Waals surface area contributed by atoms with Crippen LogP contribution in [-0.2, 0) is 14.4 Å². The van der Waals surface area contributed by atoms with Crippen LogP contribution < -0.4 is 14.2 Å². The summed E-state index contributed by atoms with van der Waals surface area (Å²) in [6, 6.07) is 19.4. The molecule has 6 nitrogen and oxygen atoms in total. The van der Waals surface area contributed by atoms with Gasteiger partial charge in [0.1, 0.15) is 17.2 Å². The standard InChI is InChI=1S/C29H26O6/c1-5-19(4)29(32)35-26-18-22(20-8-13-23(14-9-20)33-27(30)6-2)12-17-25(26)21-10-15-24(16-11-21)34-28(31)7-3/h6-19H,2-3,5H2,1,4H3. The van der Waals surface area contributed by atoms with Crippen molar-refractivity contribution in [2.45, 2.75) is 20.3 Å². The normalized spacial score (nSPS) is 11.1. The van der Waals surface area contributed by atoms with Crippen LogP contribution in [0.25, 0.3) is 22.3 Å². The molecule has 0 aliphatic rings. The van der Waals surface area contributed by atoms with Gasteiger partial charge in [-0.1, -0.05) is 63.4 Å². The second-order valence-electron chi connectivity index (χ2n) is 7.74. The van der Waals surface area contributed by atoms with E-state index in [4.69, 9.17) is 14.2 Å². The molecule has 0 bridgehead atoms. The number of carbonyl (C=O) groups excluding carboxylic acids is 3. The van der Waals surface area contributed by atoms with E-state index in [0.717, 1.165) is 28.8 Å². The first kappa shape index (κ1) is 25.2. The van der Waals surface area contributed by atoms with Crippen LogP contribution in [-0.4, -0.2) is 17.9 Å². The lowest BCUT2D eigenvalue weighted by atomic mass is 9.98. The quantitative estimate of drug-likeness (QED) is 0.212. The summed E-state index contributed by atoms with van der Waals surface area (Å²) in [6.07, 6.45) is 2.84. The van der Waals surface area contributed by atoms with E-state index in [0.29, 0.717) is 29.2 Å². The third-order valence-electron chi connectivity index (χ3n) is 5.33. The summed E-state index contributed by atoms with van der Waals surface area (Å²) in [6.45, 7) is 10.5. The zero-order valence-corrected chi connectivity index (χ0v) is 19.7. The second kappa shape index (κ2) is 11.6. The van der Waals surface area contributed by atoms with E-state index in [1.54, 1.807) is 42.5 Å². The molecule has 3 rings (SSSR count). The van der Waals surface area contributed by atoms with Gasteiger partial charge in [-0.3, -0.25) is 4.79 Å². The first-order valence-electron chi connectivity index (χ1n) is 11.1. The van der Waals surface area contributed by atoms with E-state index in [-0.39, 0.29) is 11.9 Å². The highest BCUT2D eigenvalue weighted by Crippen LogP contribution is 2.36. The van der Waals surface area contributed by atoms with Crippen molar-refractivity contribution in [1.29, 1.82) is 0 Å². The molecule has 6 heteroatoms. The predicted molar refractivity (Wildman–Crippen MR) is 134 cm³/mol. The molecule has 1 unspecified atom stereocenters.